The number of hydrogen-bond acceptors (Lipinski definition) is 3. The molecule has 0 bridgehead atoms. The van der Waals surface area contributed by atoms with Gasteiger partial charge in [0.05, 0.1) is 5.75 Å². The van der Waals surface area contributed by atoms with Gasteiger partial charge < -0.3 is 5.32 Å². The molecule has 0 unspecified atom stereocenters. The van der Waals surface area contributed by atoms with Crippen LogP contribution in [0.1, 0.15) is 13.3 Å². The minimum absolute atomic E-state index is 0.145. The van der Waals surface area contributed by atoms with Crippen LogP contribution < -0.4 is 10.0 Å². The predicted octanol–water partition coefficient (Wildman–Crippen LogP) is 2.03. The van der Waals surface area contributed by atoms with E-state index in [0.717, 1.165) is 16.7 Å². The molecule has 2 N–H and O–H groups in total. The van der Waals surface area contributed by atoms with Gasteiger partial charge in [-0.3, -0.25) is 4.72 Å². The molecule has 1 aromatic carbocycles. The van der Waals surface area contributed by atoms with Gasteiger partial charge in [0.1, 0.15) is 0 Å². The largest absolute Gasteiger partial charge is 0.317 e. The van der Waals surface area contributed by atoms with Crippen molar-refractivity contribution in [3.63, 3.8) is 0 Å². The summed E-state index contributed by atoms with van der Waals surface area (Å²) in [4.78, 5) is 0. The molecule has 96 valence electrons. The number of halogens is 1. The van der Waals surface area contributed by atoms with Gasteiger partial charge >= 0.3 is 0 Å². The van der Waals surface area contributed by atoms with E-state index in [4.69, 9.17) is 0 Å². The quantitative estimate of drug-likeness (QED) is 0.572. The molecule has 6 heteroatoms. The molecule has 0 aliphatic rings. The lowest BCUT2D eigenvalue weighted by Crippen LogP contribution is -2.21. The molecule has 0 aliphatic heterocycles. The summed E-state index contributed by atoms with van der Waals surface area (Å²) in [6, 6.07) is 7.28. The van der Waals surface area contributed by atoms with Crippen LogP contribution in [0.4, 0.5) is 5.69 Å². The van der Waals surface area contributed by atoms with Crippen molar-refractivity contribution < 1.29 is 8.42 Å². The van der Waals surface area contributed by atoms with E-state index < -0.39 is 10.0 Å². The minimum atomic E-state index is -3.22. The third kappa shape index (κ3) is 6.23. The molecule has 1 aromatic rings. The van der Waals surface area contributed by atoms with Crippen molar-refractivity contribution in [2.24, 2.45) is 0 Å². The first-order chi connectivity index (χ1) is 8.03. The second-order valence-corrected chi connectivity index (χ2v) is 6.72. The van der Waals surface area contributed by atoms with E-state index in [0.29, 0.717) is 12.1 Å². The molecule has 4 nitrogen and oxygen atoms in total. The third-order valence-electron chi connectivity index (χ3n) is 2.13. The number of benzene rings is 1. The fraction of sp³-hybridized carbons (Fsp3) is 0.455. The maximum Gasteiger partial charge on any atom is 0.232 e. The average molecular weight is 368 g/mol. The molecule has 0 amide bonds. The first-order valence-corrected chi connectivity index (χ1v) is 8.23. The fourth-order valence-corrected chi connectivity index (χ4v) is 2.79. The Balaban J connectivity index is 2.46. The highest BCUT2D eigenvalue weighted by atomic mass is 127. The maximum absolute atomic E-state index is 11.7. The molecule has 0 heterocycles. The van der Waals surface area contributed by atoms with E-state index in [9.17, 15) is 8.42 Å². The lowest BCUT2D eigenvalue weighted by molar-refractivity contribution is 0.595. The fourth-order valence-electron chi connectivity index (χ4n) is 1.31. The number of rotatable bonds is 7. The van der Waals surface area contributed by atoms with E-state index in [-0.39, 0.29) is 5.75 Å². The Bertz CT molecular complexity index is 431. The summed E-state index contributed by atoms with van der Waals surface area (Å²) in [6.07, 6.45) is 0.619. The second-order valence-electron chi connectivity index (χ2n) is 3.63. The Kier molecular flexibility index (Phi) is 6.21. The highest BCUT2D eigenvalue weighted by Crippen LogP contribution is 2.12. The summed E-state index contributed by atoms with van der Waals surface area (Å²) in [5.74, 6) is 0.145. The highest BCUT2D eigenvalue weighted by Gasteiger charge is 2.09. The highest BCUT2D eigenvalue weighted by molar-refractivity contribution is 14.1. The van der Waals surface area contributed by atoms with Crippen molar-refractivity contribution in [3.8, 4) is 0 Å². The van der Waals surface area contributed by atoms with E-state index in [1.807, 2.05) is 19.1 Å². The van der Waals surface area contributed by atoms with Crippen LogP contribution in [0.25, 0.3) is 0 Å². The normalized spacial score (nSPS) is 11.4. The van der Waals surface area contributed by atoms with Crippen LogP contribution in [-0.2, 0) is 10.0 Å². The lowest BCUT2D eigenvalue weighted by atomic mass is 10.3. The third-order valence-corrected chi connectivity index (χ3v) is 4.23. The zero-order chi connectivity index (χ0) is 12.7. The molecule has 0 spiro atoms. The lowest BCUT2D eigenvalue weighted by Gasteiger charge is -2.08. The number of nitrogens with one attached hydrogen (secondary N) is 2. The van der Waals surface area contributed by atoms with Crippen molar-refractivity contribution >= 4 is 38.3 Å². The van der Waals surface area contributed by atoms with Crippen molar-refractivity contribution in [3.05, 3.63) is 27.8 Å². The summed E-state index contributed by atoms with van der Waals surface area (Å²) >= 11 is 2.18. The van der Waals surface area contributed by atoms with Crippen LogP contribution in [-0.4, -0.2) is 27.3 Å². The molecule has 0 aliphatic carbocycles. The van der Waals surface area contributed by atoms with Gasteiger partial charge in [0, 0.05) is 9.26 Å². The molecule has 0 aromatic heterocycles. The molecule has 0 atom stereocenters. The standard InChI is InChI=1S/C11H17IN2O2S/c1-2-13-8-3-9-17(15,16)14-11-6-4-10(12)5-7-11/h4-7,13-14H,2-3,8-9H2,1H3. The summed E-state index contributed by atoms with van der Waals surface area (Å²) in [7, 11) is -3.22. The van der Waals surface area contributed by atoms with Crippen LogP contribution in [0.15, 0.2) is 24.3 Å². The van der Waals surface area contributed by atoms with Crippen LogP contribution in [0.5, 0.6) is 0 Å². The van der Waals surface area contributed by atoms with Crippen molar-refractivity contribution in [1.29, 1.82) is 0 Å². The SMILES string of the molecule is CCNCCCS(=O)(=O)Nc1ccc(I)cc1. The van der Waals surface area contributed by atoms with Crippen LogP contribution in [0.2, 0.25) is 0 Å². The second kappa shape index (κ2) is 7.17. The van der Waals surface area contributed by atoms with E-state index in [1.165, 1.54) is 0 Å². The van der Waals surface area contributed by atoms with Gasteiger partial charge in [0.15, 0.2) is 0 Å². The molecular formula is C11H17IN2O2S. The number of anilines is 1. The zero-order valence-corrected chi connectivity index (χ0v) is 12.7. The average Bonchev–Trinajstić information content (AvgIpc) is 2.27. The van der Waals surface area contributed by atoms with E-state index in [1.54, 1.807) is 12.1 Å². The van der Waals surface area contributed by atoms with Crippen LogP contribution in [0.3, 0.4) is 0 Å². The molecule has 0 saturated heterocycles. The van der Waals surface area contributed by atoms with Crippen LogP contribution >= 0.6 is 22.6 Å². The molecule has 1 rings (SSSR count). The van der Waals surface area contributed by atoms with Crippen LogP contribution in [0, 0.1) is 3.57 Å². The molecule has 0 radical (unpaired) electrons. The molecule has 0 saturated carbocycles. The zero-order valence-electron chi connectivity index (χ0n) is 9.74. The maximum atomic E-state index is 11.7. The van der Waals surface area contributed by atoms with Crippen molar-refractivity contribution in [2.45, 2.75) is 13.3 Å². The van der Waals surface area contributed by atoms with Crippen molar-refractivity contribution in [1.82, 2.24) is 5.32 Å². The number of hydrogen-bond donors (Lipinski definition) is 2. The van der Waals surface area contributed by atoms with Gasteiger partial charge in [0.25, 0.3) is 0 Å². The molecular weight excluding hydrogens is 351 g/mol. The van der Waals surface area contributed by atoms with Gasteiger partial charge in [-0.1, -0.05) is 6.92 Å². The predicted molar refractivity (Wildman–Crippen MR) is 79.7 cm³/mol. The molecule has 17 heavy (non-hydrogen) atoms. The van der Waals surface area contributed by atoms with Gasteiger partial charge in [-0.05, 0) is 66.4 Å². The first kappa shape index (κ1) is 14.7. The smallest absolute Gasteiger partial charge is 0.232 e. The monoisotopic (exact) mass is 368 g/mol. The molecule has 0 fully saturated rings. The Labute approximate surface area is 116 Å². The van der Waals surface area contributed by atoms with Crippen molar-refractivity contribution in [2.75, 3.05) is 23.6 Å². The summed E-state index contributed by atoms with van der Waals surface area (Å²) in [5.41, 5.74) is 0.619. The Morgan fingerprint density at radius 2 is 1.88 bits per heavy atom. The summed E-state index contributed by atoms with van der Waals surface area (Å²) in [6.45, 7) is 3.59. The van der Waals surface area contributed by atoms with Gasteiger partial charge in [-0.15, -0.1) is 0 Å². The minimum Gasteiger partial charge on any atom is -0.317 e. The topological polar surface area (TPSA) is 58.2 Å². The Hall–Kier alpha value is -0.340. The summed E-state index contributed by atoms with van der Waals surface area (Å²) < 4.78 is 27.1. The Morgan fingerprint density at radius 1 is 1.24 bits per heavy atom. The Morgan fingerprint density at radius 3 is 2.47 bits per heavy atom. The van der Waals surface area contributed by atoms with Gasteiger partial charge in [0.2, 0.25) is 10.0 Å². The van der Waals surface area contributed by atoms with Gasteiger partial charge in [-0.2, -0.15) is 0 Å². The van der Waals surface area contributed by atoms with Gasteiger partial charge in [-0.25, -0.2) is 8.42 Å². The number of sulfonamides is 1. The summed E-state index contributed by atoms with van der Waals surface area (Å²) in [5, 5.41) is 3.10. The van der Waals surface area contributed by atoms with E-state index >= 15 is 0 Å². The van der Waals surface area contributed by atoms with E-state index in [2.05, 4.69) is 32.6 Å². The first-order valence-electron chi connectivity index (χ1n) is 5.50.